The summed E-state index contributed by atoms with van der Waals surface area (Å²) in [6.45, 7) is 7.27. The molecule has 0 radical (unpaired) electrons. The Bertz CT molecular complexity index is 283. The zero-order valence-corrected chi connectivity index (χ0v) is 11.8. The SMILES string of the molecule is CN=C(NCC(=O)N1CCCCC1)NCC(C)C. The van der Waals surface area contributed by atoms with E-state index in [1.807, 2.05) is 4.90 Å². The summed E-state index contributed by atoms with van der Waals surface area (Å²) >= 11 is 0. The second-order valence-corrected chi connectivity index (χ2v) is 5.14. The van der Waals surface area contributed by atoms with Gasteiger partial charge in [-0.1, -0.05) is 13.8 Å². The van der Waals surface area contributed by atoms with Crippen LogP contribution in [0, 0.1) is 5.92 Å². The first-order chi connectivity index (χ1) is 8.63. The first kappa shape index (κ1) is 14.8. The van der Waals surface area contributed by atoms with Crippen LogP contribution in [-0.2, 0) is 4.79 Å². The number of carbonyl (C=O) groups is 1. The molecule has 0 saturated carbocycles. The Labute approximate surface area is 110 Å². The Morgan fingerprint density at radius 1 is 1.22 bits per heavy atom. The fourth-order valence-corrected chi connectivity index (χ4v) is 1.94. The van der Waals surface area contributed by atoms with Gasteiger partial charge in [-0.05, 0) is 25.2 Å². The molecule has 104 valence electrons. The number of hydrogen-bond acceptors (Lipinski definition) is 2. The Morgan fingerprint density at radius 3 is 2.44 bits per heavy atom. The highest BCUT2D eigenvalue weighted by atomic mass is 16.2. The van der Waals surface area contributed by atoms with Crippen molar-refractivity contribution in [2.45, 2.75) is 33.1 Å². The van der Waals surface area contributed by atoms with Crippen LogP contribution in [0.4, 0.5) is 0 Å². The largest absolute Gasteiger partial charge is 0.356 e. The van der Waals surface area contributed by atoms with E-state index in [-0.39, 0.29) is 5.91 Å². The second-order valence-electron chi connectivity index (χ2n) is 5.14. The number of rotatable bonds is 4. The molecule has 1 heterocycles. The molecule has 5 heteroatoms. The van der Waals surface area contributed by atoms with Crippen LogP contribution in [0.3, 0.4) is 0 Å². The van der Waals surface area contributed by atoms with E-state index in [0.29, 0.717) is 18.4 Å². The minimum atomic E-state index is 0.169. The lowest BCUT2D eigenvalue weighted by molar-refractivity contribution is -0.130. The van der Waals surface area contributed by atoms with Crippen LogP contribution in [0.15, 0.2) is 4.99 Å². The summed E-state index contributed by atoms with van der Waals surface area (Å²) in [5.41, 5.74) is 0. The van der Waals surface area contributed by atoms with Crippen molar-refractivity contribution in [2.24, 2.45) is 10.9 Å². The molecule has 1 saturated heterocycles. The summed E-state index contributed by atoms with van der Waals surface area (Å²) in [6, 6.07) is 0. The van der Waals surface area contributed by atoms with Gasteiger partial charge >= 0.3 is 0 Å². The Hall–Kier alpha value is -1.26. The minimum Gasteiger partial charge on any atom is -0.356 e. The predicted molar refractivity (Wildman–Crippen MR) is 74.6 cm³/mol. The molecule has 0 unspecified atom stereocenters. The third-order valence-electron chi connectivity index (χ3n) is 3.02. The van der Waals surface area contributed by atoms with Crippen LogP contribution in [-0.4, -0.2) is 50.0 Å². The van der Waals surface area contributed by atoms with E-state index in [9.17, 15) is 4.79 Å². The minimum absolute atomic E-state index is 0.169. The average molecular weight is 254 g/mol. The van der Waals surface area contributed by atoms with Gasteiger partial charge in [0, 0.05) is 26.7 Å². The van der Waals surface area contributed by atoms with Crippen LogP contribution in [0.2, 0.25) is 0 Å². The van der Waals surface area contributed by atoms with Gasteiger partial charge in [-0.25, -0.2) is 0 Å². The Kier molecular flexibility index (Phi) is 6.54. The summed E-state index contributed by atoms with van der Waals surface area (Å²) in [6.07, 6.45) is 3.51. The van der Waals surface area contributed by atoms with Crippen LogP contribution < -0.4 is 10.6 Å². The van der Waals surface area contributed by atoms with Crippen LogP contribution in [0.5, 0.6) is 0 Å². The van der Waals surface area contributed by atoms with Crippen molar-refractivity contribution in [3.63, 3.8) is 0 Å². The van der Waals surface area contributed by atoms with Gasteiger partial charge in [-0.3, -0.25) is 9.79 Å². The van der Waals surface area contributed by atoms with Gasteiger partial charge in [0.1, 0.15) is 0 Å². The maximum Gasteiger partial charge on any atom is 0.241 e. The number of nitrogens with one attached hydrogen (secondary N) is 2. The highest BCUT2D eigenvalue weighted by Crippen LogP contribution is 2.08. The number of amides is 1. The number of nitrogens with zero attached hydrogens (tertiary/aromatic N) is 2. The number of piperidine rings is 1. The van der Waals surface area contributed by atoms with Crippen molar-refractivity contribution < 1.29 is 4.79 Å². The summed E-state index contributed by atoms with van der Waals surface area (Å²) in [7, 11) is 1.72. The summed E-state index contributed by atoms with van der Waals surface area (Å²) in [5.74, 6) is 1.43. The molecule has 1 fully saturated rings. The molecule has 1 aliphatic heterocycles. The third kappa shape index (κ3) is 5.38. The van der Waals surface area contributed by atoms with Crippen molar-refractivity contribution in [1.29, 1.82) is 0 Å². The van der Waals surface area contributed by atoms with Crippen LogP contribution in [0.1, 0.15) is 33.1 Å². The molecule has 0 bridgehead atoms. The van der Waals surface area contributed by atoms with Gasteiger partial charge in [0.25, 0.3) is 0 Å². The highest BCUT2D eigenvalue weighted by Gasteiger charge is 2.16. The number of hydrogen-bond donors (Lipinski definition) is 2. The van der Waals surface area contributed by atoms with Gasteiger partial charge < -0.3 is 15.5 Å². The summed E-state index contributed by atoms with van der Waals surface area (Å²) in [5, 5.41) is 6.26. The normalized spacial score (nSPS) is 16.9. The highest BCUT2D eigenvalue weighted by molar-refractivity contribution is 5.86. The van der Waals surface area contributed by atoms with E-state index in [2.05, 4.69) is 29.5 Å². The number of likely N-dealkylation sites (tertiary alicyclic amines) is 1. The smallest absolute Gasteiger partial charge is 0.241 e. The van der Waals surface area contributed by atoms with Crippen molar-refractivity contribution in [3.8, 4) is 0 Å². The zero-order chi connectivity index (χ0) is 13.4. The van der Waals surface area contributed by atoms with Crippen molar-refractivity contribution >= 4 is 11.9 Å². The lowest BCUT2D eigenvalue weighted by Crippen LogP contribution is -2.46. The molecule has 0 aliphatic carbocycles. The predicted octanol–water partition coefficient (Wildman–Crippen LogP) is 0.820. The third-order valence-corrected chi connectivity index (χ3v) is 3.02. The van der Waals surface area contributed by atoms with E-state index in [4.69, 9.17) is 0 Å². The van der Waals surface area contributed by atoms with E-state index < -0.39 is 0 Å². The standard InChI is InChI=1S/C13H26N4O/c1-11(2)9-15-13(14-3)16-10-12(18)17-7-5-4-6-8-17/h11H,4-10H2,1-3H3,(H2,14,15,16). The monoisotopic (exact) mass is 254 g/mol. The number of carbonyl (C=O) groups excluding carboxylic acids is 1. The van der Waals surface area contributed by atoms with Crippen molar-refractivity contribution in [3.05, 3.63) is 0 Å². The molecule has 0 atom stereocenters. The quantitative estimate of drug-likeness (QED) is 0.577. The van der Waals surface area contributed by atoms with Crippen LogP contribution in [0.25, 0.3) is 0 Å². The fourth-order valence-electron chi connectivity index (χ4n) is 1.94. The van der Waals surface area contributed by atoms with E-state index in [1.54, 1.807) is 7.05 Å². The first-order valence-electron chi connectivity index (χ1n) is 6.85. The molecule has 1 aliphatic rings. The van der Waals surface area contributed by atoms with E-state index in [1.165, 1.54) is 6.42 Å². The van der Waals surface area contributed by atoms with E-state index in [0.717, 1.165) is 32.5 Å². The maximum absolute atomic E-state index is 11.9. The van der Waals surface area contributed by atoms with Crippen molar-refractivity contribution in [2.75, 3.05) is 33.2 Å². The molecule has 0 aromatic heterocycles. The number of aliphatic imine (C=N–C) groups is 1. The molecule has 0 aromatic rings. The molecule has 2 N–H and O–H groups in total. The Balaban J connectivity index is 2.26. The van der Waals surface area contributed by atoms with Crippen molar-refractivity contribution in [1.82, 2.24) is 15.5 Å². The summed E-state index contributed by atoms with van der Waals surface area (Å²) in [4.78, 5) is 18.0. The lowest BCUT2D eigenvalue weighted by Gasteiger charge is -2.27. The Morgan fingerprint density at radius 2 is 1.89 bits per heavy atom. The molecular formula is C13H26N4O. The zero-order valence-electron chi connectivity index (χ0n) is 11.8. The summed E-state index contributed by atoms with van der Waals surface area (Å²) < 4.78 is 0. The first-order valence-corrected chi connectivity index (χ1v) is 6.85. The molecular weight excluding hydrogens is 228 g/mol. The molecule has 0 spiro atoms. The molecule has 18 heavy (non-hydrogen) atoms. The van der Waals surface area contributed by atoms with Crippen LogP contribution >= 0.6 is 0 Å². The topological polar surface area (TPSA) is 56.7 Å². The molecule has 1 rings (SSSR count). The molecule has 0 aromatic carbocycles. The van der Waals surface area contributed by atoms with Gasteiger partial charge in [-0.15, -0.1) is 0 Å². The van der Waals surface area contributed by atoms with Gasteiger partial charge in [0.05, 0.1) is 6.54 Å². The molecule has 1 amide bonds. The number of guanidine groups is 1. The average Bonchev–Trinajstić information content (AvgIpc) is 2.39. The maximum atomic E-state index is 11.9. The van der Waals surface area contributed by atoms with Gasteiger partial charge in [0.15, 0.2) is 5.96 Å². The van der Waals surface area contributed by atoms with Gasteiger partial charge in [-0.2, -0.15) is 0 Å². The lowest BCUT2D eigenvalue weighted by atomic mass is 10.1. The van der Waals surface area contributed by atoms with E-state index >= 15 is 0 Å². The van der Waals surface area contributed by atoms with Gasteiger partial charge in [0.2, 0.25) is 5.91 Å². The molecule has 5 nitrogen and oxygen atoms in total. The second kappa shape index (κ2) is 7.95. The fraction of sp³-hybridized carbons (Fsp3) is 0.846.